The highest BCUT2D eigenvalue weighted by Crippen LogP contribution is 2.16. The number of ether oxygens (including phenoxy) is 1. The van der Waals surface area contributed by atoms with Gasteiger partial charge in [-0.3, -0.25) is 0 Å². The third-order valence-corrected chi connectivity index (χ3v) is 2.58. The molecule has 1 aliphatic rings. The highest BCUT2D eigenvalue weighted by atomic mass is 16.5. The van der Waals surface area contributed by atoms with Crippen LogP contribution in [-0.4, -0.2) is 38.3 Å². The van der Waals surface area contributed by atoms with Crippen molar-refractivity contribution in [3.63, 3.8) is 0 Å². The zero-order valence-electron chi connectivity index (χ0n) is 7.96. The second-order valence-corrected chi connectivity index (χ2v) is 3.41. The van der Waals surface area contributed by atoms with Crippen molar-refractivity contribution in [3.8, 4) is 0 Å². The fraction of sp³-hybridized carbons (Fsp3) is 0.800. The Morgan fingerprint density at radius 3 is 2.67 bits per heavy atom. The van der Waals surface area contributed by atoms with Gasteiger partial charge in [-0.2, -0.15) is 0 Å². The van der Waals surface area contributed by atoms with E-state index in [2.05, 4.69) is 17.6 Å². The summed E-state index contributed by atoms with van der Waals surface area (Å²) in [5.41, 5.74) is 0. The summed E-state index contributed by atoms with van der Waals surface area (Å²) in [6, 6.07) is 0. The van der Waals surface area contributed by atoms with Gasteiger partial charge in [-0.05, 0) is 31.8 Å². The van der Waals surface area contributed by atoms with Crippen LogP contribution in [-0.2, 0) is 4.74 Å². The smallest absolute Gasteiger partial charge is 0.0589 e. The second-order valence-electron chi connectivity index (χ2n) is 3.41. The molecule has 1 fully saturated rings. The van der Waals surface area contributed by atoms with Crippen molar-refractivity contribution >= 4 is 0 Å². The third kappa shape index (κ3) is 2.95. The molecule has 0 amide bonds. The molecule has 1 saturated heterocycles. The predicted octanol–water partition coefficient (Wildman–Crippen LogP) is 1.53. The van der Waals surface area contributed by atoms with Gasteiger partial charge >= 0.3 is 0 Å². The molecule has 1 rings (SSSR count). The van der Waals surface area contributed by atoms with Crippen LogP contribution in [0.25, 0.3) is 0 Å². The normalized spacial score (nSPS) is 21.1. The van der Waals surface area contributed by atoms with Crippen molar-refractivity contribution in [1.29, 1.82) is 0 Å². The van der Waals surface area contributed by atoms with Gasteiger partial charge < -0.3 is 9.64 Å². The fourth-order valence-electron chi connectivity index (χ4n) is 1.63. The van der Waals surface area contributed by atoms with Gasteiger partial charge in [-0.15, -0.1) is 6.58 Å². The number of piperidine rings is 1. The molecule has 0 unspecified atom stereocenters. The summed E-state index contributed by atoms with van der Waals surface area (Å²) in [6.07, 6.45) is 4.63. The summed E-state index contributed by atoms with van der Waals surface area (Å²) in [7, 11) is 1.76. The van der Waals surface area contributed by atoms with E-state index in [-0.39, 0.29) is 0 Å². The zero-order valence-corrected chi connectivity index (χ0v) is 7.96. The molecular weight excluding hydrogens is 150 g/mol. The van der Waals surface area contributed by atoms with Crippen molar-refractivity contribution in [2.75, 3.05) is 33.4 Å². The van der Waals surface area contributed by atoms with Crippen molar-refractivity contribution in [2.24, 2.45) is 5.92 Å². The first kappa shape index (κ1) is 9.75. The molecule has 2 nitrogen and oxygen atoms in total. The van der Waals surface area contributed by atoms with Gasteiger partial charge in [0.05, 0.1) is 6.61 Å². The molecule has 12 heavy (non-hydrogen) atoms. The average Bonchev–Trinajstić information content (AvgIpc) is 2.15. The summed E-state index contributed by atoms with van der Waals surface area (Å²) < 4.78 is 5.04. The maximum Gasteiger partial charge on any atom is 0.0589 e. The standard InChI is InChI=1S/C10H19NO/c1-3-10-4-6-11(7-5-10)8-9-12-2/h3,10H,1,4-9H2,2H3. The van der Waals surface area contributed by atoms with E-state index in [9.17, 15) is 0 Å². The van der Waals surface area contributed by atoms with E-state index >= 15 is 0 Å². The first-order chi connectivity index (χ1) is 5.86. The third-order valence-electron chi connectivity index (χ3n) is 2.58. The summed E-state index contributed by atoms with van der Waals surface area (Å²) in [6.45, 7) is 8.19. The fourth-order valence-corrected chi connectivity index (χ4v) is 1.63. The van der Waals surface area contributed by atoms with E-state index in [1.807, 2.05) is 0 Å². The molecular formula is C10H19NO. The van der Waals surface area contributed by atoms with Gasteiger partial charge in [0, 0.05) is 13.7 Å². The molecule has 0 aromatic carbocycles. The molecule has 0 saturated carbocycles. The van der Waals surface area contributed by atoms with Crippen LogP contribution >= 0.6 is 0 Å². The van der Waals surface area contributed by atoms with Crippen LogP contribution < -0.4 is 0 Å². The maximum absolute atomic E-state index is 5.04. The largest absolute Gasteiger partial charge is 0.383 e. The SMILES string of the molecule is C=CC1CCN(CCOC)CC1. The monoisotopic (exact) mass is 169 g/mol. The highest BCUT2D eigenvalue weighted by molar-refractivity contribution is 4.84. The maximum atomic E-state index is 5.04. The Kier molecular flexibility index (Phi) is 4.33. The van der Waals surface area contributed by atoms with Crippen molar-refractivity contribution in [3.05, 3.63) is 12.7 Å². The number of allylic oxidation sites excluding steroid dienone is 1. The quantitative estimate of drug-likeness (QED) is 0.592. The highest BCUT2D eigenvalue weighted by Gasteiger charge is 2.15. The van der Waals surface area contributed by atoms with Crippen molar-refractivity contribution in [2.45, 2.75) is 12.8 Å². The number of methoxy groups -OCH3 is 1. The molecule has 0 radical (unpaired) electrons. The molecule has 1 heterocycles. The lowest BCUT2D eigenvalue weighted by molar-refractivity contribution is 0.127. The Bertz CT molecular complexity index is 128. The number of rotatable bonds is 4. The molecule has 1 aliphatic heterocycles. The minimum absolute atomic E-state index is 0.754. The summed E-state index contributed by atoms with van der Waals surface area (Å²) in [5, 5.41) is 0. The Morgan fingerprint density at radius 2 is 2.17 bits per heavy atom. The van der Waals surface area contributed by atoms with E-state index in [4.69, 9.17) is 4.74 Å². The van der Waals surface area contributed by atoms with Crippen LogP contribution in [0, 0.1) is 5.92 Å². The minimum atomic E-state index is 0.754. The summed E-state index contributed by atoms with van der Waals surface area (Å²) >= 11 is 0. The molecule has 0 aromatic heterocycles. The molecule has 0 bridgehead atoms. The lowest BCUT2D eigenvalue weighted by Gasteiger charge is -2.30. The van der Waals surface area contributed by atoms with Crippen LogP contribution in [0.2, 0.25) is 0 Å². The Hall–Kier alpha value is -0.340. The zero-order chi connectivity index (χ0) is 8.81. The van der Waals surface area contributed by atoms with E-state index in [0.29, 0.717) is 0 Å². The van der Waals surface area contributed by atoms with Crippen molar-refractivity contribution in [1.82, 2.24) is 4.90 Å². The molecule has 2 heteroatoms. The first-order valence-electron chi connectivity index (χ1n) is 4.70. The number of hydrogen-bond donors (Lipinski definition) is 0. The van der Waals surface area contributed by atoms with E-state index < -0.39 is 0 Å². The molecule has 0 N–H and O–H groups in total. The second kappa shape index (κ2) is 5.33. The topological polar surface area (TPSA) is 12.5 Å². The van der Waals surface area contributed by atoms with Gasteiger partial charge in [-0.1, -0.05) is 6.08 Å². The predicted molar refractivity (Wildman–Crippen MR) is 51.2 cm³/mol. The van der Waals surface area contributed by atoms with Crippen LogP contribution in [0.15, 0.2) is 12.7 Å². The molecule has 70 valence electrons. The minimum Gasteiger partial charge on any atom is -0.383 e. The van der Waals surface area contributed by atoms with Gasteiger partial charge in [0.2, 0.25) is 0 Å². The Morgan fingerprint density at radius 1 is 1.50 bits per heavy atom. The van der Waals surface area contributed by atoms with Crippen LogP contribution in [0.4, 0.5) is 0 Å². The summed E-state index contributed by atoms with van der Waals surface area (Å²) in [4.78, 5) is 2.46. The number of likely N-dealkylation sites (tertiary alicyclic amines) is 1. The molecule has 0 atom stereocenters. The van der Waals surface area contributed by atoms with Crippen LogP contribution in [0.5, 0.6) is 0 Å². The molecule has 0 aromatic rings. The van der Waals surface area contributed by atoms with E-state index in [1.54, 1.807) is 7.11 Å². The first-order valence-corrected chi connectivity index (χ1v) is 4.70. The van der Waals surface area contributed by atoms with Gasteiger partial charge in [0.15, 0.2) is 0 Å². The molecule has 0 spiro atoms. The molecule has 0 aliphatic carbocycles. The van der Waals surface area contributed by atoms with Crippen LogP contribution in [0.1, 0.15) is 12.8 Å². The van der Waals surface area contributed by atoms with Gasteiger partial charge in [-0.25, -0.2) is 0 Å². The van der Waals surface area contributed by atoms with Crippen molar-refractivity contribution < 1.29 is 4.74 Å². The van der Waals surface area contributed by atoms with E-state index in [1.165, 1.54) is 25.9 Å². The van der Waals surface area contributed by atoms with E-state index in [0.717, 1.165) is 19.1 Å². The lowest BCUT2D eigenvalue weighted by atomic mass is 9.97. The number of nitrogens with zero attached hydrogens (tertiary/aromatic N) is 1. The Labute approximate surface area is 75.2 Å². The van der Waals surface area contributed by atoms with Gasteiger partial charge in [0.1, 0.15) is 0 Å². The van der Waals surface area contributed by atoms with Crippen LogP contribution in [0.3, 0.4) is 0 Å². The summed E-state index contributed by atoms with van der Waals surface area (Å²) in [5.74, 6) is 0.754. The lowest BCUT2D eigenvalue weighted by Crippen LogP contribution is -2.35. The van der Waals surface area contributed by atoms with Gasteiger partial charge in [0.25, 0.3) is 0 Å². The average molecular weight is 169 g/mol. The number of hydrogen-bond acceptors (Lipinski definition) is 2. The Balaban J connectivity index is 2.12.